The van der Waals surface area contributed by atoms with Crippen LogP contribution in [-0.4, -0.2) is 51.1 Å². The van der Waals surface area contributed by atoms with Crippen LogP contribution in [0.5, 0.6) is 0 Å². The number of aromatic carboxylic acids is 1. The molecule has 1 aromatic carbocycles. The van der Waals surface area contributed by atoms with Crippen molar-refractivity contribution in [3.63, 3.8) is 0 Å². The molecule has 0 aliphatic rings. The van der Waals surface area contributed by atoms with Crippen molar-refractivity contribution < 1.29 is 23.1 Å². The fraction of sp³-hybridized carbons (Fsp3) is 0.462. The number of hydrogen-bond acceptors (Lipinski definition) is 4. The van der Waals surface area contributed by atoms with Gasteiger partial charge in [0, 0.05) is 20.7 Å². The third kappa shape index (κ3) is 3.56. The second kappa shape index (κ2) is 6.83. The van der Waals surface area contributed by atoms with Gasteiger partial charge in [-0.1, -0.05) is 13.0 Å². The van der Waals surface area contributed by atoms with Crippen molar-refractivity contribution in [3.05, 3.63) is 29.3 Å². The second-order valence-corrected chi connectivity index (χ2v) is 6.34. The minimum Gasteiger partial charge on any atom is -0.478 e. The molecule has 0 fully saturated rings. The largest absolute Gasteiger partial charge is 0.478 e. The maximum absolute atomic E-state index is 12.3. The first-order chi connectivity index (χ1) is 9.34. The molecule has 6 nitrogen and oxygen atoms in total. The van der Waals surface area contributed by atoms with Crippen LogP contribution in [0, 0.1) is 0 Å². The molecule has 112 valence electrons. The zero-order valence-corrected chi connectivity index (χ0v) is 12.6. The highest BCUT2D eigenvalue weighted by molar-refractivity contribution is 7.89. The number of aryl methyl sites for hydroxylation is 1. The van der Waals surface area contributed by atoms with E-state index in [0.717, 1.165) is 4.31 Å². The van der Waals surface area contributed by atoms with Gasteiger partial charge < -0.3 is 9.84 Å². The molecule has 0 spiro atoms. The Balaban J connectivity index is 3.19. The van der Waals surface area contributed by atoms with Crippen LogP contribution in [0.4, 0.5) is 0 Å². The maximum Gasteiger partial charge on any atom is 0.336 e. The highest BCUT2D eigenvalue weighted by Gasteiger charge is 2.22. The molecule has 0 heterocycles. The Morgan fingerprint density at radius 3 is 2.55 bits per heavy atom. The average Bonchev–Trinajstić information content (AvgIpc) is 2.43. The van der Waals surface area contributed by atoms with Crippen LogP contribution in [-0.2, 0) is 21.2 Å². The Morgan fingerprint density at radius 1 is 1.40 bits per heavy atom. The normalized spacial score (nSPS) is 11.8. The van der Waals surface area contributed by atoms with Crippen molar-refractivity contribution in [3.8, 4) is 0 Å². The first kappa shape index (κ1) is 16.6. The molecule has 1 aromatic rings. The van der Waals surface area contributed by atoms with Crippen molar-refractivity contribution in [1.29, 1.82) is 0 Å². The minimum absolute atomic E-state index is 0.0220. The first-order valence-corrected chi connectivity index (χ1v) is 7.60. The highest BCUT2D eigenvalue weighted by atomic mass is 32.2. The molecule has 0 atom stereocenters. The van der Waals surface area contributed by atoms with Gasteiger partial charge >= 0.3 is 5.97 Å². The van der Waals surface area contributed by atoms with E-state index in [1.54, 1.807) is 6.07 Å². The minimum atomic E-state index is -3.70. The van der Waals surface area contributed by atoms with Gasteiger partial charge in [-0.3, -0.25) is 0 Å². The van der Waals surface area contributed by atoms with E-state index in [1.807, 2.05) is 6.92 Å². The van der Waals surface area contributed by atoms with Crippen LogP contribution < -0.4 is 0 Å². The average molecular weight is 301 g/mol. The van der Waals surface area contributed by atoms with Crippen molar-refractivity contribution in [2.45, 2.75) is 18.2 Å². The summed E-state index contributed by atoms with van der Waals surface area (Å²) in [5.74, 6) is -1.13. The van der Waals surface area contributed by atoms with Crippen LogP contribution in [0.3, 0.4) is 0 Å². The fourth-order valence-electron chi connectivity index (χ4n) is 1.74. The maximum atomic E-state index is 12.3. The SMILES string of the molecule is CCc1ccc(S(=O)(=O)N(C)CCOC)cc1C(=O)O. The summed E-state index contributed by atoms with van der Waals surface area (Å²) in [5.41, 5.74) is 0.629. The van der Waals surface area contributed by atoms with Crippen molar-refractivity contribution in [1.82, 2.24) is 4.31 Å². The van der Waals surface area contributed by atoms with Gasteiger partial charge in [0.15, 0.2) is 0 Å². The first-order valence-electron chi connectivity index (χ1n) is 6.16. The van der Waals surface area contributed by atoms with E-state index >= 15 is 0 Å². The summed E-state index contributed by atoms with van der Waals surface area (Å²) in [6, 6.07) is 4.18. The standard InChI is InChI=1S/C13H19NO5S/c1-4-10-5-6-11(9-12(10)13(15)16)20(17,18)14(2)7-8-19-3/h5-6,9H,4,7-8H2,1-3H3,(H,15,16). The lowest BCUT2D eigenvalue weighted by Crippen LogP contribution is -2.30. The van der Waals surface area contributed by atoms with E-state index in [9.17, 15) is 13.2 Å². The molecule has 0 amide bonds. The van der Waals surface area contributed by atoms with Crippen molar-refractivity contribution in [2.24, 2.45) is 0 Å². The smallest absolute Gasteiger partial charge is 0.336 e. The quantitative estimate of drug-likeness (QED) is 0.818. The van der Waals surface area contributed by atoms with Gasteiger partial charge in [0.2, 0.25) is 10.0 Å². The molecule has 20 heavy (non-hydrogen) atoms. The van der Waals surface area contributed by atoms with Gasteiger partial charge in [0.1, 0.15) is 0 Å². The Morgan fingerprint density at radius 2 is 2.05 bits per heavy atom. The number of carbonyl (C=O) groups is 1. The summed E-state index contributed by atoms with van der Waals surface area (Å²) in [5, 5.41) is 9.14. The molecule has 0 aliphatic carbocycles. The zero-order valence-electron chi connectivity index (χ0n) is 11.8. The van der Waals surface area contributed by atoms with E-state index in [2.05, 4.69) is 0 Å². The molecule has 0 radical (unpaired) electrons. The monoisotopic (exact) mass is 301 g/mol. The van der Waals surface area contributed by atoms with Gasteiger partial charge in [0.25, 0.3) is 0 Å². The number of ether oxygens (including phenoxy) is 1. The molecular formula is C13H19NO5S. The number of nitrogens with zero attached hydrogens (tertiary/aromatic N) is 1. The van der Waals surface area contributed by atoms with Gasteiger partial charge in [0.05, 0.1) is 17.1 Å². The van der Waals surface area contributed by atoms with Crippen LogP contribution in [0.25, 0.3) is 0 Å². The van der Waals surface area contributed by atoms with Crippen LogP contribution in [0.1, 0.15) is 22.8 Å². The molecule has 0 unspecified atom stereocenters. The number of hydrogen-bond donors (Lipinski definition) is 1. The van der Waals surface area contributed by atoms with E-state index in [1.165, 1.54) is 26.3 Å². The molecule has 0 bridgehead atoms. The Hall–Kier alpha value is -1.44. The van der Waals surface area contributed by atoms with E-state index < -0.39 is 16.0 Å². The summed E-state index contributed by atoms with van der Waals surface area (Å²) in [6.45, 7) is 2.30. The van der Waals surface area contributed by atoms with Gasteiger partial charge in [-0.15, -0.1) is 0 Å². The summed E-state index contributed by atoms with van der Waals surface area (Å²) in [7, 11) is -0.784. The predicted molar refractivity (Wildman–Crippen MR) is 74.5 cm³/mol. The predicted octanol–water partition coefficient (Wildman–Crippen LogP) is 1.21. The molecule has 7 heteroatoms. The van der Waals surface area contributed by atoms with Crippen LogP contribution in [0.15, 0.2) is 23.1 Å². The number of rotatable bonds is 7. The Kier molecular flexibility index (Phi) is 5.67. The van der Waals surface area contributed by atoms with Crippen molar-refractivity contribution in [2.75, 3.05) is 27.3 Å². The Labute approximate surface area is 119 Å². The topological polar surface area (TPSA) is 83.9 Å². The summed E-state index contributed by atoms with van der Waals surface area (Å²) >= 11 is 0. The van der Waals surface area contributed by atoms with E-state index in [4.69, 9.17) is 9.84 Å². The molecule has 1 N–H and O–H groups in total. The second-order valence-electron chi connectivity index (χ2n) is 4.30. The number of carboxylic acids is 1. The number of methoxy groups -OCH3 is 1. The van der Waals surface area contributed by atoms with Gasteiger partial charge in [-0.2, -0.15) is 4.31 Å². The summed E-state index contributed by atoms with van der Waals surface area (Å²) in [6.07, 6.45) is 0.529. The van der Waals surface area contributed by atoms with Gasteiger partial charge in [-0.25, -0.2) is 13.2 Å². The fourth-order valence-corrected chi connectivity index (χ4v) is 2.92. The summed E-state index contributed by atoms with van der Waals surface area (Å²) < 4.78 is 30.6. The lowest BCUT2D eigenvalue weighted by molar-refractivity contribution is 0.0695. The molecular weight excluding hydrogens is 282 g/mol. The molecule has 0 saturated heterocycles. The third-order valence-corrected chi connectivity index (χ3v) is 4.86. The molecule has 1 rings (SSSR count). The number of carboxylic acid groups (broad SMARTS) is 1. The van der Waals surface area contributed by atoms with E-state index in [0.29, 0.717) is 12.0 Å². The third-order valence-electron chi connectivity index (χ3n) is 3.01. The van der Waals surface area contributed by atoms with Gasteiger partial charge in [-0.05, 0) is 24.1 Å². The van der Waals surface area contributed by atoms with Crippen LogP contribution in [0.2, 0.25) is 0 Å². The summed E-state index contributed by atoms with van der Waals surface area (Å²) in [4.78, 5) is 11.2. The van der Waals surface area contributed by atoms with E-state index in [-0.39, 0.29) is 23.6 Å². The number of sulfonamides is 1. The molecule has 0 aromatic heterocycles. The molecule has 0 aliphatic heterocycles. The lowest BCUT2D eigenvalue weighted by Gasteiger charge is -2.17. The molecule has 0 saturated carbocycles. The Bertz CT molecular complexity index is 582. The number of benzene rings is 1. The number of likely N-dealkylation sites (N-methyl/N-ethyl adjacent to an activating group) is 1. The highest BCUT2D eigenvalue weighted by Crippen LogP contribution is 2.19. The lowest BCUT2D eigenvalue weighted by atomic mass is 10.1. The van der Waals surface area contributed by atoms with Crippen molar-refractivity contribution >= 4 is 16.0 Å². The van der Waals surface area contributed by atoms with Crippen LogP contribution >= 0.6 is 0 Å². The zero-order chi connectivity index (χ0) is 15.3.